The Bertz CT molecular complexity index is 843. The van der Waals surface area contributed by atoms with Crippen LogP contribution in [0.15, 0.2) is 30.5 Å². The highest BCUT2D eigenvalue weighted by Gasteiger charge is 2.18. The lowest BCUT2D eigenvalue weighted by Crippen LogP contribution is -2.17. The number of imidazole rings is 1. The normalized spacial score (nSPS) is 17.1. The van der Waals surface area contributed by atoms with Crippen molar-refractivity contribution >= 4 is 39.0 Å². The van der Waals surface area contributed by atoms with Crippen LogP contribution in [-0.2, 0) is 12.8 Å². The summed E-state index contributed by atoms with van der Waals surface area (Å²) in [6, 6.07) is 8.96. The van der Waals surface area contributed by atoms with Gasteiger partial charge in [0.05, 0.1) is 5.69 Å². The lowest BCUT2D eigenvalue weighted by Gasteiger charge is -2.17. The lowest BCUT2D eigenvalue weighted by molar-refractivity contribution is 0.674. The number of anilines is 1. The number of nitrogens with zero attached hydrogens (tertiary/aromatic N) is 3. The Morgan fingerprint density at radius 3 is 2.46 bits per heavy atom. The fraction of sp³-hybridized carbons (Fsp3) is 0.421. The van der Waals surface area contributed by atoms with Crippen LogP contribution in [0.1, 0.15) is 36.3 Å². The van der Waals surface area contributed by atoms with Gasteiger partial charge in [0.25, 0.3) is 0 Å². The molecule has 126 valence electrons. The molecule has 1 aliphatic carbocycles. The summed E-state index contributed by atoms with van der Waals surface area (Å²) < 4.78 is 2.34. The minimum atomic E-state index is 0. The minimum absolute atomic E-state index is 0. The number of hydrogen-bond donors (Lipinski definition) is 0. The predicted molar refractivity (Wildman–Crippen MR) is 107 cm³/mol. The van der Waals surface area contributed by atoms with Crippen LogP contribution in [0, 0.1) is 0 Å². The van der Waals surface area contributed by atoms with Crippen molar-refractivity contribution in [2.24, 2.45) is 0 Å². The highest BCUT2D eigenvalue weighted by Crippen LogP contribution is 2.32. The zero-order valence-corrected chi connectivity index (χ0v) is 16.2. The maximum absolute atomic E-state index is 4.88. The van der Waals surface area contributed by atoms with Gasteiger partial charge >= 0.3 is 0 Å². The largest absolute Gasteiger partial charge is 0.372 e. The highest BCUT2D eigenvalue weighted by molar-refractivity contribution is 8.93. The molecule has 0 spiro atoms. The molecule has 0 amide bonds. The molecule has 5 heteroatoms. The molecule has 1 aliphatic heterocycles. The summed E-state index contributed by atoms with van der Waals surface area (Å²) in [5.41, 5.74) is 5.19. The Balaban J connectivity index is 0.00000146. The van der Waals surface area contributed by atoms with E-state index in [1.807, 2.05) is 11.3 Å². The minimum Gasteiger partial charge on any atom is -0.372 e. The van der Waals surface area contributed by atoms with Crippen LogP contribution >= 0.6 is 28.3 Å². The van der Waals surface area contributed by atoms with Crippen molar-refractivity contribution in [2.75, 3.05) is 18.0 Å². The van der Waals surface area contributed by atoms with Crippen molar-refractivity contribution in [3.8, 4) is 11.3 Å². The second-order valence-corrected chi connectivity index (χ2v) is 7.76. The molecule has 1 saturated heterocycles. The highest BCUT2D eigenvalue weighted by atomic mass is 79.9. The van der Waals surface area contributed by atoms with E-state index in [9.17, 15) is 0 Å². The van der Waals surface area contributed by atoms with E-state index in [1.165, 1.54) is 68.6 Å². The van der Waals surface area contributed by atoms with Crippen LogP contribution < -0.4 is 4.90 Å². The number of aromatic nitrogens is 2. The summed E-state index contributed by atoms with van der Waals surface area (Å²) in [5, 5.41) is 0. The summed E-state index contributed by atoms with van der Waals surface area (Å²) in [6.45, 7) is 2.40. The van der Waals surface area contributed by atoms with Crippen LogP contribution in [0.5, 0.6) is 0 Å². The Morgan fingerprint density at radius 2 is 1.67 bits per heavy atom. The molecule has 1 fully saturated rings. The molecule has 0 unspecified atom stereocenters. The van der Waals surface area contributed by atoms with Crippen molar-refractivity contribution in [3.63, 3.8) is 0 Å². The van der Waals surface area contributed by atoms with Gasteiger partial charge in [-0.05, 0) is 50.7 Å². The van der Waals surface area contributed by atoms with Gasteiger partial charge in [0, 0.05) is 41.1 Å². The molecule has 24 heavy (non-hydrogen) atoms. The fourth-order valence-corrected chi connectivity index (χ4v) is 5.11. The quantitative estimate of drug-likeness (QED) is 0.591. The van der Waals surface area contributed by atoms with Crippen molar-refractivity contribution in [1.82, 2.24) is 9.38 Å². The summed E-state index contributed by atoms with van der Waals surface area (Å²) in [5.74, 6) is 0. The SMILES string of the molecule is Br.c1cc(N2CCCC2)ccc1-c1cn2c3c(sc2n1)CCCC3. The first-order chi connectivity index (χ1) is 11.4. The lowest BCUT2D eigenvalue weighted by atomic mass is 10.0. The van der Waals surface area contributed by atoms with Crippen LogP contribution in [0.2, 0.25) is 0 Å². The molecule has 0 N–H and O–H groups in total. The van der Waals surface area contributed by atoms with Crippen molar-refractivity contribution in [1.29, 1.82) is 0 Å². The van der Waals surface area contributed by atoms with Crippen molar-refractivity contribution < 1.29 is 0 Å². The summed E-state index contributed by atoms with van der Waals surface area (Å²) in [6.07, 6.45) is 9.98. The Morgan fingerprint density at radius 1 is 0.917 bits per heavy atom. The van der Waals surface area contributed by atoms with Crippen LogP contribution in [-0.4, -0.2) is 22.5 Å². The first-order valence-corrected chi connectivity index (χ1v) is 9.55. The molecule has 0 radical (unpaired) electrons. The van der Waals surface area contributed by atoms with Gasteiger partial charge in [-0.25, -0.2) is 4.98 Å². The average molecular weight is 404 g/mol. The van der Waals surface area contributed by atoms with E-state index in [0.717, 1.165) is 10.7 Å². The Labute approximate surface area is 157 Å². The molecule has 3 heterocycles. The Hall–Kier alpha value is -1.33. The van der Waals surface area contributed by atoms with E-state index in [1.54, 1.807) is 4.88 Å². The summed E-state index contributed by atoms with van der Waals surface area (Å²) in [4.78, 5) is 10.1. The smallest absolute Gasteiger partial charge is 0.194 e. The van der Waals surface area contributed by atoms with E-state index in [0.29, 0.717) is 0 Å². The number of thiazole rings is 1. The van der Waals surface area contributed by atoms with Gasteiger partial charge in [-0.15, -0.1) is 28.3 Å². The van der Waals surface area contributed by atoms with Gasteiger partial charge in [0.2, 0.25) is 0 Å². The molecular weight excluding hydrogens is 382 g/mol. The number of fused-ring (bicyclic) bond motifs is 3. The molecule has 2 aliphatic rings. The van der Waals surface area contributed by atoms with E-state index in [-0.39, 0.29) is 17.0 Å². The number of hydrogen-bond acceptors (Lipinski definition) is 3. The second-order valence-electron chi connectivity index (χ2n) is 6.70. The van der Waals surface area contributed by atoms with Crippen LogP contribution in [0.4, 0.5) is 5.69 Å². The molecule has 2 aromatic heterocycles. The van der Waals surface area contributed by atoms with Gasteiger partial charge in [-0.1, -0.05) is 12.1 Å². The first kappa shape index (κ1) is 16.2. The van der Waals surface area contributed by atoms with Crippen LogP contribution in [0.25, 0.3) is 16.2 Å². The molecule has 0 saturated carbocycles. The topological polar surface area (TPSA) is 20.5 Å². The monoisotopic (exact) mass is 403 g/mol. The van der Waals surface area contributed by atoms with E-state index >= 15 is 0 Å². The molecule has 3 aromatic rings. The van der Waals surface area contributed by atoms with Crippen LogP contribution in [0.3, 0.4) is 0 Å². The number of rotatable bonds is 2. The average Bonchev–Trinajstić information content (AvgIpc) is 3.31. The van der Waals surface area contributed by atoms with Gasteiger partial charge in [-0.2, -0.15) is 0 Å². The molecule has 3 nitrogen and oxygen atoms in total. The molecule has 5 rings (SSSR count). The maximum Gasteiger partial charge on any atom is 0.194 e. The maximum atomic E-state index is 4.88. The number of aryl methyl sites for hydroxylation is 2. The third kappa shape index (κ3) is 2.68. The van der Waals surface area contributed by atoms with Gasteiger partial charge in [0.1, 0.15) is 0 Å². The standard InChI is InChI=1S/C19H21N3S.BrH/c1-2-6-18-17(5-1)22-13-16(20-19(22)23-18)14-7-9-15(10-8-14)21-11-3-4-12-21;/h7-10,13H,1-6,11-12H2;1H. The zero-order valence-electron chi connectivity index (χ0n) is 13.7. The molecular formula is C19H22BrN3S. The Kier molecular flexibility index (Phi) is 4.39. The third-order valence-electron chi connectivity index (χ3n) is 5.20. The van der Waals surface area contributed by atoms with E-state index < -0.39 is 0 Å². The summed E-state index contributed by atoms with van der Waals surface area (Å²) in [7, 11) is 0. The van der Waals surface area contributed by atoms with E-state index in [4.69, 9.17) is 4.98 Å². The van der Waals surface area contributed by atoms with Gasteiger partial charge < -0.3 is 4.90 Å². The molecule has 0 atom stereocenters. The van der Waals surface area contributed by atoms with Gasteiger partial charge in [0.15, 0.2) is 4.96 Å². The first-order valence-electron chi connectivity index (χ1n) is 8.73. The number of halogens is 1. The summed E-state index contributed by atoms with van der Waals surface area (Å²) >= 11 is 1.88. The molecule has 1 aromatic carbocycles. The van der Waals surface area contributed by atoms with Gasteiger partial charge in [-0.3, -0.25) is 4.40 Å². The second kappa shape index (κ2) is 6.52. The zero-order chi connectivity index (χ0) is 15.2. The predicted octanol–water partition coefficient (Wildman–Crippen LogP) is 5.12. The third-order valence-corrected chi connectivity index (χ3v) is 6.36. The van der Waals surface area contributed by atoms with E-state index in [2.05, 4.69) is 39.8 Å². The molecule has 0 bridgehead atoms. The van der Waals surface area contributed by atoms with Crippen molar-refractivity contribution in [3.05, 3.63) is 41.0 Å². The number of benzene rings is 1. The fourth-order valence-electron chi connectivity index (χ4n) is 3.92. The van der Waals surface area contributed by atoms with Crippen molar-refractivity contribution in [2.45, 2.75) is 38.5 Å².